The van der Waals surface area contributed by atoms with E-state index in [4.69, 9.17) is 5.11 Å². The molecular weight excluding hydrogens is 218 g/mol. The second-order valence-electron chi connectivity index (χ2n) is 4.39. The molecule has 1 aromatic carbocycles. The number of anilines is 1. The van der Waals surface area contributed by atoms with Crippen molar-refractivity contribution in [3.8, 4) is 5.75 Å². The van der Waals surface area contributed by atoms with E-state index in [1.807, 2.05) is 6.92 Å². The summed E-state index contributed by atoms with van der Waals surface area (Å²) in [5.41, 5.74) is 2.25. The third-order valence-corrected chi connectivity index (χ3v) is 2.61. The van der Waals surface area contributed by atoms with E-state index in [1.165, 1.54) is 0 Å². The summed E-state index contributed by atoms with van der Waals surface area (Å²) in [5.74, 6) is 0.101. The molecule has 0 saturated heterocycles. The highest BCUT2D eigenvalue weighted by Gasteiger charge is 2.08. The topological polar surface area (TPSA) is 69.6 Å². The predicted octanol–water partition coefficient (Wildman–Crippen LogP) is 2.11. The minimum atomic E-state index is -0.469. The number of aromatic hydroxyl groups is 1. The lowest BCUT2D eigenvalue weighted by molar-refractivity contribution is -0.116. The van der Waals surface area contributed by atoms with Gasteiger partial charge in [-0.2, -0.15) is 0 Å². The van der Waals surface area contributed by atoms with Crippen LogP contribution in [0, 0.1) is 13.8 Å². The summed E-state index contributed by atoms with van der Waals surface area (Å²) in [6, 6.07) is 3.37. The lowest BCUT2D eigenvalue weighted by Crippen LogP contribution is -2.14. The zero-order chi connectivity index (χ0) is 13.0. The molecule has 0 aromatic heterocycles. The van der Waals surface area contributed by atoms with Crippen molar-refractivity contribution in [2.24, 2.45) is 0 Å². The molecule has 1 atom stereocenters. The summed E-state index contributed by atoms with van der Waals surface area (Å²) in [7, 11) is 0. The second kappa shape index (κ2) is 5.68. The van der Waals surface area contributed by atoms with E-state index in [-0.39, 0.29) is 18.1 Å². The molecule has 1 rings (SSSR count). The van der Waals surface area contributed by atoms with E-state index in [1.54, 1.807) is 26.0 Å². The first-order valence-corrected chi connectivity index (χ1v) is 5.68. The zero-order valence-corrected chi connectivity index (χ0v) is 10.4. The number of phenols is 1. The molecule has 0 heterocycles. The van der Waals surface area contributed by atoms with Crippen LogP contribution in [0.4, 0.5) is 5.69 Å². The van der Waals surface area contributed by atoms with E-state index in [0.717, 1.165) is 11.1 Å². The fraction of sp³-hybridized carbons (Fsp3) is 0.462. The van der Waals surface area contributed by atoms with E-state index in [9.17, 15) is 9.90 Å². The molecule has 0 aliphatic rings. The van der Waals surface area contributed by atoms with Crippen LogP contribution in [-0.2, 0) is 4.79 Å². The van der Waals surface area contributed by atoms with Crippen LogP contribution >= 0.6 is 0 Å². The van der Waals surface area contributed by atoms with Gasteiger partial charge in [-0.25, -0.2) is 0 Å². The van der Waals surface area contributed by atoms with E-state index in [2.05, 4.69) is 5.32 Å². The summed E-state index contributed by atoms with van der Waals surface area (Å²) >= 11 is 0. The smallest absolute Gasteiger partial charge is 0.224 e. The minimum Gasteiger partial charge on any atom is -0.508 e. The Morgan fingerprint density at radius 3 is 2.59 bits per heavy atom. The van der Waals surface area contributed by atoms with Gasteiger partial charge in [-0.3, -0.25) is 4.79 Å². The highest BCUT2D eigenvalue weighted by molar-refractivity contribution is 5.91. The first kappa shape index (κ1) is 13.5. The Hall–Kier alpha value is -1.55. The number of phenolic OH excluding ortho intramolecular Hbond substituents is 1. The molecule has 1 aromatic rings. The van der Waals surface area contributed by atoms with Crippen molar-refractivity contribution in [1.82, 2.24) is 0 Å². The molecule has 4 nitrogen and oxygen atoms in total. The molecule has 1 amide bonds. The monoisotopic (exact) mass is 237 g/mol. The Morgan fingerprint density at radius 2 is 2.00 bits per heavy atom. The fourth-order valence-electron chi connectivity index (χ4n) is 1.49. The summed E-state index contributed by atoms with van der Waals surface area (Å²) < 4.78 is 0. The number of aryl methyl sites for hydroxylation is 2. The molecule has 3 N–H and O–H groups in total. The van der Waals surface area contributed by atoms with Crippen molar-refractivity contribution in [1.29, 1.82) is 0 Å². The van der Waals surface area contributed by atoms with Crippen LogP contribution in [0.15, 0.2) is 12.1 Å². The molecule has 0 radical (unpaired) electrons. The van der Waals surface area contributed by atoms with Gasteiger partial charge >= 0.3 is 0 Å². The van der Waals surface area contributed by atoms with Gasteiger partial charge in [0, 0.05) is 12.1 Å². The van der Waals surface area contributed by atoms with Crippen molar-refractivity contribution in [2.45, 2.75) is 39.7 Å². The van der Waals surface area contributed by atoms with Gasteiger partial charge in [-0.1, -0.05) is 0 Å². The SMILES string of the molecule is Cc1cc(NC(=O)CCC(C)O)c(C)cc1O. The normalized spacial score (nSPS) is 12.2. The summed E-state index contributed by atoms with van der Waals surface area (Å²) in [4.78, 5) is 11.6. The Kier molecular flexibility index (Phi) is 4.52. The first-order valence-electron chi connectivity index (χ1n) is 5.68. The highest BCUT2D eigenvalue weighted by atomic mass is 16.3. The van der Waals surface area contributed by atoms with Crippen molar-refractivity contribution >= 4 is 11.6 Å². The standard InChI is InChI=1S/C13H19NO3/c1-8-7-12(16)9(2)6-11(8)14-13(17)5-4-10(3)15/h6-7,10,15-16H,4-5H2,1-3H3,(H,14,17). The summed E-state index contributed by atoms with van der Waals surface area (Å²) in [6.45, 7) is 5.26. The van der Waals surface area contributed by atoms with Crippen molar-refractivity contribution < 1.29 is 15.0 Å². The molecule has 0 saturated carbocycles. The lowest BCUT2D eigenvalue weighted by atomic mass is 10.1. The van der Waals surface area contributed by atoms with Crippen LogP contribution in [0.1, 0.15) is 30.9 Å². The minimum absolute atomic E-state index is 0.126. The van der Waals surface area contributed by atoms with Gasteiger partial charge in [0.25, 0.3) is 0 Å². The predicted molar refractivity (Wildman–Crippen MR) is 67.1 cm³/mol. The number of hydrogen-bond donors (Lipinski definition) is 3. The van der Waals surface area contributed by atoms with E-state index < -0.39 is 6.10 Å². The van der Waals surface area contributed by atoms with Crippen molar-refractivity contribution in [3.63, 3.8) is 0 Å². The van der Waals surface area contributed by atoms with Gasteiger partial charge in [0.2, 0.25) is 5.91 Å². The summed E-state index contributed by atoms with van der Waals surface area (Å²) in [6.07, 6.45) is 0.266. The Morgan fingerprint density at radius 1 is 1.35 bits per heavy atom. The third kappa shape index (κ3) is 4.07. The lowest BCUT2D eigenvalue weighted by Gasteiger charge is -2.11. The molecule has 0 aliphatic heterocycles. The second-order valence-corrected chi connectivity index (χ2v) is 4.39. The maximum absolute atomic E-state index is 11.6. The van der Waals surface area contributed by atoms with E-state index >= 15 is 0 Å². The average Bonchev–Trinajstić information content (AvgIpc) is 2.23. The number of benzene rings is 1. The van der Waals surface area contributed by atoms with Gasteiger partial charge in [-0.15, -0.1) is 0 Å². The van der Waals surface area contributed by atoms with Crippen LogP contribution in [0.5, 0.6) is 5.75 Å². The largest absolute Gasteiger partial charge is 0.508 e. The number of amides is 1. The van der Waals surface area contributed by atoms with Crippen LogP contribution in [0.2, 0.25) is 0 Å². The number of nitrogens with one attached hydrogen (secondary N) is 1. The van der Waals surface area contributed by atoms with Crippen LogP contribution in [-0.4, -0.2) is 22.2 Å². The molecule has 17 heavy (non-hydrogen) atoms. The number of rotatable bonds is 4. The number of carbonyl (C=O) groups is 1. The molecule has 4 heteroatoms. The highest BCUT2D eigenvalue weighted by Crippen LogP contribution is 2.25. The van der Waals surface area contributed by atoms with Crippen molar-refractivity contribution in [2.75, 3.05) is 5.32 Å². The van der Waals surface area contributed by atoms with Gasteiger partial charge in [0.15, 0.2) is 0 Å². The maximum atomic E-state index is 11.6. The molecule has 1 unspecified atom stereocenters. The van der Waals surface area contributed by atoms with Crippen molar-refractivity contribution in [3.05, 3.63) is 23.3 Å². The van der Waals surface area contributed by atoms with Crippen LogP contribution < -0.4 is 5.32 Å². The number of aliphatic hydroxyl groups excluding tert-OH is 1. The molecular formula is C13H19NO3. The fourth-order valence-corrected chi connectivity index (χ4v) is 1.49. The molecule has 94 valence electrons. The molecule has 0 spiro atoms. The third-order valence-electron chi connectivity index (χ3n) is 2.61. The average molecular weight is 237 g/mol. The van der Waals surface area contributed by atoms with Gasteiger partial charge in [0.1, 0.15) is 5.75 Å². The van der Waals surface area contributed by atoms with E-state index in [0.29, 0.717) is 12.1 Å². The Bertz CT molecular complexity index is 413. The van der Waals surface area contributed by atoms with Gasteiger partial charge in [-0.05, 0) is 50.5 Å². The first-order chi connectivity index (χ1) is 7.90. The molecule has 0 fully saturated rings. The molecule has 0 aliphatic carbocycles. The Labute approximate surface area is 101 Å². The number of aliphatic hydroxyl groups is 1. The molecule has 0 bridgehead atoms. The van der Waals surface area contributed by atoms with Gasteiger partial charge < -0.3 is 15.5 Å². The zero-order valence-electron chi connectivity index (χ0n) is 10.4. The summed E-state index contributed by atoms with van der Waals surface area (Å²) in [5, 5.41) is 21.4. The number of hydrogen-bond acceptors (Lipinski definition) is 3. The maximum Gasteiger partial charge on any atom is 0.224 e. The quantitative estimate of drug-likeness (QED) is 0.702. The Balaban J connectivity index is 2.68. The van der Waals surface area contributed by atoms with Crippen LogP contribution in [0.25, 0.3) is 0 Å². The number of carbonyl (C=O) groups excluding carboxylic acids is 1. The van der Waals surface area contributed by atoms with Crippen LogP contribution in [0.3, 0.4) is 0 Å². The van der Waals surface area contributed by atoms with Gasteiger partial charge in [0.05, 0.1) is 6.10 Å².